The summed E-state index contributed by atoms with van der Waals surface area (Å²) in [5.41, 5.74) is 0. The molecule has 120 valence electrons. The number of nitriles is 5. The first kappa shape index (κ1) is 20.5. The standard InChI is InChI=1S/C18H23N5/c19-11-3-1-2-5-16(13-21)7-9-18(15-23)10-8-17(14-22)6-4-12-20/h16-18H,1-10H2. The second kappa shape index (κ2) is 14.4. The molecule has 0 heterocycles. The number of nitrogens with zero attached hydrogens (tertiary/aromatic N) is 5. The molecule has 3 unspecified atom stereocenters. The van der Waals surface area contributed by atoms with E-state index in [1.807, 2.05) is 6.07 Å². The summed E-state index contributed by atoms with van der Waals surface area (Å²) in [5, 5.41) is 44.4. The molecule has 0 amide bonds. The van der Waals surface area contributed by atoms with E-state index in [9.17, 15) is 5.26 Å². The summed E-state index contributed by atoms with van der Waals surface area (Å²) < 4.78 is 0. The van der Waals surface area contributed by atoms with Crippen molar-refractivity contribution < 1.29 is 0 Å². The zero-order valence-electron chi connectivity index (χ0n) is 13.5. The van der Waals surface area contributed by atoms with Crippen LogP contribution in [0, 0.1) is 74.4 Å². The quantitative estimate of drug-likeness (QED) is 0.496. The molecule has 0 saturated heterocycles. The Morgan fingerprint density at radius 2 is 0.913 bits per heavy atom. The SMILES string of the molecule is N#CCCCCC(C#N)CCC(C#N)CCC(C#N)CCC#N. The molecule has 0 rings (SSSR count). The fraction of sp³-hybridized carbons (Fsp3) is 0.722. The zero-order chi connectivity index (χ0) is 17.3. The molecule has 0 saturated carbocycles. The number of hydrogen-bond donors (Lipinski definition) is 0. The van der Waals surface area contributed by atoms with Gasteiger partial charge in [-0.25, -0.2) is 0 Å². The summed E-state index contributed by atoms with van der Waals surface area (Å²) in [6, 6.07) is 10.9. The molecule has 0 spiro atoms. The van der Waals surface area contributed by atoms with Gasteiger partial charge in [-0.2, -0.15) is 26.3 Å². The smallest absolute Gasteiger partial charge is 0.0656 e. The lowest BCUT2D eigenvalue weighted by Gasteiger charge is -2.13. The fourth-order valence-electron chi connectivity index (χ4n) is 2.46. The lowest BCUT2D eigenvalue weighted by atomic mass is 9.88. The van der Waals surface area contributed by atoms with E-state index in [4.69, 9.17) is 21.0 Å². The van der Waals surface area contributed by atoms with Gasteiger partial charge in [-0.3, -0.25) is 0 Å². The Kier molecular flexibility index (Phi) is 12.8. The van der Waals surface area contributed by atoms with Gasteiger partial charge in [0, 0.05) is 30.6 Å². The van der Waals surface area contributed by atoms with E-state index in [0.29, 0.717) is 44.9 Å². The second-order valence-electron chi connectivity index (χ2n) is 5.73. The topological polar surface area (TPSA) is 119 Å². The van der Waals surface area contributed by atoms with Gasteiger partial charge in [-0.05, 0) is 44.9 Å². The molecule has 0 bridgehead atoms. The molecule has 0 aromatic carbocycles. The molecule has 23 heavy (non-hydrogen) atoms. The van der Waals surface area contributed by atoms with Crippen LogP contribution >= 0.6 is 0 Å². The third-order valence-electron chi connectivity index (χ3n) is 3.97. The second-order valence-corrected chi connectivity index (χ2v) is 5.73. The van der Waals surface area contributed by atoms with Crippen LogP contribution in [0.2, 0.25) is 0 Å². The maximum atomic E-state index is 9.22. The third kappa shape index (κ3) is 10.8. The largest absolute Gasteiger partial charge is 0.198 e. The van der Waals surface area contributed by atoms with E-state index in [0.717, 1.165) is 19.3 Å². The molecule has 0 aliphatic rings. The first-order valence-corrected chi connectivity index (χ1v) is 8.14. The third-order valence-corrected chi connectivity index (χ3v) is 3.97. The van der Waals surface area contributed by atoms with Crippen LogP contribution in [0.1, 0.15) is 64.2 Å². The summed E-state index contributed by atoms with van der Waals surface area (Å²) in [4.78, 5) is 0. The molecule has 3 atom stereocenters. The molecule has 0 radical (unpaired) electrons. The zero-order valence-corrected chi connectivity index (χ0v) is 13.5. The Balaban J connectivity index is 4.11. The summed E-state index contributed by atoms with van der Waals surface area (Å²) >= 11 is 0. The van der Waals surface area contributed by atoms with Crippen molar-refractivity contribution >= 4 is 0 Å². The minimum atomic E-state index is -0.164. The molecular weight excluding hydrogens is 286 g/mol. The summed E-state index contributed by atoms with van der Waals surface area (Å²) in [6.07, 6.45) is 6.56. The van der Waals surface area contributed by atoms with Crippen LogP contribution in [0.4, 0.5) is 0 Å². The Bertz CT molecular complexity index is 520. The molecule has 5 nitrogen and oxygen atoms in total. The molecular formula is C18H23N5. The van der Waals surface area contributed by atoms with Crippen LogP contribution in [-0.2, 0) is 0 Å². The van der Waals surface area contributed by atoms with Crippen molar-refractivity contribution in [2.24, 2.45) is 17.8 Å². The average molecular weight is 309 g/mol. The maximum absolute atomic E-state index is 9.22. The van der Waals surface area contributed by atoms with Gasteiger partial charge in [-0.1, -0.05) is 6.42 Å². The molecule has 0 aromatic rings. The van der Waals surface area contributed by atoms with Gasteiger partial charge in [0.05, 0.1) is 30.3 Å². The first-order valence-electron chi connectivity index (χ1n) is 8.14. The van der Waals surface area contributed by atoms with E-state index >= 15 is 0 Å². The predicted octanol–water partition coefficient (Wildman–Crippen LogP) is 4.35. The normalized spacial score (nSPS) is 13.3. The highest BCUT2D eigenvalue weighted by atomic mass is 14.3. The minimum absolute atomic E-state index is 0.0603. The number of rotatable bonds is 12. The highest BCUT2D eigenvalue weighted by Gasteiger charge is 2.15. The summed E-state index contributed by atoms with van der Waals surface area (Å²) in [6.45, 7) is 0. The van der Waals surface area contributed by atoms with Gasteiger partial charge in [-0.15, -0.1) is 0 Å². The average Bonchev–Trinajstić information content (AvgIpc) is 2.59. The molecule has 0 N–H and O–H groups in total. The molecule has 5 heteroatoms. The Morgan fingerprint density at radius 3 is 1.35 bits per heavy atom. The van der Waals surface area contributed by atoms with Crippen LogP contribution in [0.5, 0.6) is 0 Å². The lowest BCUT2D eigenvalue weighted by molar-refractivity contribution is 0.419. The molecule has 0 aliphatic carbocycles. The molecule has 0 fully saturated rings. The van der Waals surface area contributed by atoms with Crippen LogP contribution in [0.3, 0.4) is 0 Å². The van der Waals surface area contributed by atoms with Crippen LogP contribution in [0.15, 0.2) is 0 Å². The summed E-state index contributed by atoms with van der Waals surface area (Å²) in [5.74, 6) is -0.360. The van der Waals surface area contributed by atoms with E-state index in [1.54, 1.807) is 0 Å². The van der Waals surface area contributed by atoms with E-state index < -0.39 is 0 Å². The van der Waals surface area contributed by atoms with Crippen molar-refractivity contribution in [2.75, 3.05) is 0 Å². The van der Waals surface area contributed by atoms with Crippen molar-refractivity contribution in [1.29, 1.82) is 26.3 Å². The van der Waals surface area contributed by atoms with Crippen LogP contribution in [0.25, 0.3) is 0 Å². The molecule has 0 aromatic heterocycles. The lowest BCUT2D eigenvalue weighted by Crippen LogP contribution is -2.06. The first-order chi connectivity index (χ1) is 11.2. The molecule has 0 aliphatic heterocycles. The van der Waals surface area contributed by atoms with Crippen molar-refractivity contribution in [1.82, 2.24) is 0 Å². The number of unbranched alkanes of at least 4 members (excludes halogenated alkanes) is 2. The van der Waals surface area contributed by atoms with E-state index in [2.05, 4.69) is 24.3 Å². The highest BCUT2D eigenvalue weighted by molar-refractivity contribution is 4.91. The van der Waals surface area contributed by atoms with E-state index in [1.165, 1.54) is 0 Å². The minimum Gasteiger partial charge on any atom is -0.198 e. The Hall–Kier alpha value is -2.55. The Morgan fingerprint density at radius 1 is 0.478 bits per heavy atom. The van der Waals surface area contributed by atoms with Crippen molar-refractivity contribution in [2.45, 2.75) is 64.2 Å². The van der Waals surface area contributed by atoms with E-state index in [-0.39, 0.29) is 17.8 Å². The van der Waals surface area contributed by atoms with Crippen molar-refractivity contribution in [3.05, 3.63) is 0 Å². The van der Waals surface area contributed by atoms with Gasteiger partial charge in [0.25, 0.3) is 0 Å². The van der Waals surface area contributed by atoms with Gasteiger partial charge in [0.1, 0.15) is 0 Å². The maximum Gasteiger partial charge on any atom is 0.0656 e. The monoisotopic (exact) mass is 309 g/mol. The summed E-state index contributed by atoms with van der Waals surface area (Å²) in [7, 11) is 0. The van der Waals surface area contributed by atoms with Crippen LogP contribution < -0.4 is 0 Å². The Labute approximate surface area is 139 Å². The number of hydrogen-bond acceptors (Lipinski definition) is 5. The van der Waals surface area contributed by atoms with Crippen LogP contribution in [-0.4, -0.2) is 0 Å². The predicted molar refractivity (Wildman–Crippen MR) is 84.7 cm³/mol. The highest BCUT2D eigenvalue weighted by Crippen LogP contribution is 2.23. The fourth-order valence-corrected chi connectivity index (χ4v) is 2.46. The van der Waals surface area contributed by atoms with Gasteiger partial charge < -0.3 is 0 Å². The van der Waals surface area contributed by atoms with Gasteiger partial charge in [0.2, 0.25) is 0 Å². The van der Waals surface area contributed by atoms with Gasteiger partial charge >= 0.3 is 0 Å². The van der Waals surface area contributed by atoms with Gasteiger partial charge in [0.15, 0.2) is 0 Å². The van der Waals surface area contributed by atoms with Crippen molar-refractivity contribution in [3.8, 4) is 30.3 Å². The van der Waals surface area contributed by atoms with Crippen molar-refractivity contribution in [3.63, 3.8) is 0 Å².